The first kappa shape index (κ1) is 20.5. The number of hydrogen-bond donors (Lipinski definition) is 0. The predicted molar refractivity (Wildman–Crippen MR) is 120 cm³/mol. The molecule has 1 aliphatic rings. The van der Waals surface area contributed by atoms with Crippen LogP contribution < -0.4 is 0 Å². The molecule has 4 aromatic rings. The molecule has 4 heterocycles. The smallest absolute Gasteiger partial charge is 0.153 e. The molecule has 1 aliphatic heterocycles. The van der Waals surface area contributed by atoms with Crippen molar-refractivity contribution in [1.29, 1.82) is 0 Å². The molecule has 0 saturated heterocycles. The molecule has 0 fully saturated rings. The first-order chi connectivity index (χ1) is 15.1. The van der Waals surface area contributed by atoms with Crippen molar-refractivity contribution in [2.45, 2.75) is 45.4 Å². The second-order valence-corrected chi connectivity index (χ2v) is 9.46. The third kappa shape index (κ3) is 2.97. The first-order valence-electron chi connectivity index (χ1n) is 10.6. The molecule has 5 rings (SSSR count). The molecular formula is C26H24F2N4. The lowest BCUT2D eigenvalue weighted by atomic mass is 9.79. The Morgan fingerprint density at radius 2 is 1.50 bits per heavy atom. The number of aryl methyl sites for hydroxylation is 1. The third-order valence-electron chi connectivity index (χ3n) is 6.49. The molecule has 0 aliphatic carbocycles. The lowest BCUT2D eigenvalue weighted by Gasteiger charge is -2.27. The third-order valence-corrected chi connectivity index (χ3v) is 6.49. The molecule has 0 amide bonds. The summed E-state index contributed by atoms with van der Waals surface area (Å²) in [5, 5.41) is 4.80. The maximum absolute atomic E-state index is 15.1. The molecule has 3 aromatic heterocycles. The Morgan fingerprint density at radius 1 is 0.812 bits per heavy atom. The molecule has 1 aromatic carbocycles. The van der Waals surface area contributed by atoms with Gasteiger partial charge < -0.3 is 0 Å². The molecule has 0 radical (unpaired) electrons. The van der Waals surface area contributed by atoms with Crippen LogP contribution in [-0.4, -0.2) is 19.7 Å². The molecule has 0 unspecified atom stereocenters. The van der Waals surface area contributed by atoms with Gasteiger partial charge >= 0.3 is 0 Å². The minimum Gasteiger partial charge on any atom is -0.252 e. The van der Waals surface area contributed by atoms with E-state index in [1.807, 2.05) is 71.1 Å². The van der Waals surface area contributed by atoms with Gasteiger partial charge in [-0.15, -0.1) is 0 Å². The average molecular weight is 431 g/mol. The van der Waals surface area contributed by atoms with Gasteiger partial charge in [-0.3, -0.25) is 4.98 Å². The Morgan fingerprint density at radius 3 is 2.25 bits per heavy atom. The van der Waals surface area contributed by atoms with Gasteiger partial charge in [0.1, 0.15) is 11.6 Å². The summed E-state index contributed by atoms with van der Waals surface area (Å²) in [7, 11) is 0. The maximum atomic E-state index is 15.1. The molecule has 6 heteroatoms. The number of fused-ring (bicyclic) bond motifs is 10. The molecule has 0 saturated carbocycles. The van der Waals surface area contributed by atoms with Gasteiger partial charge in [-0.25, -0.2) is 18.4 Å². The highest BCUT2D eigenvalue weighted by molar-refractivity contribution is 5.63. The summed E-state index contributed by atoms with van der Waals surface area (Å²) < 4.78 is 31.8. The number of halogens is 2. The number of pyridine rings is 2. The zero-order valence-electron chi connectivity index (χ0n) is 18.7. The van der Waals surface area contributed by atoms with Gasteiger partial charge in [0.25, 0.3) is 0 Å². The Bertz CT molecular complexity index is 1370. The zero-order valence-corrected chi connectivity index (χ0v) is 18.7. The van der Waals surface area contributed by atoms with Crippen molar-refractivity contribution in [2.75, 3.05) is 0 Å². The first-order valence-corrected chi connectivity index (χ1v) is 10.6. The van der Waals surface area contributed by atoms with Crippen LogP contribution in [0.25, 0.3) is 17.1 Å². The summed E-state index contributed by atoms with van der Waals surface area (Å²) in [4.78, 5) is 9.67. The summed E-state index contributed by atoms with van der Waals surface area (Å²) >= 11 is 0. The molecule has 0 spiro atoms. The monoisotopic (exact) mass is 430 g/mol. The van der Waals surface area contributed by atoms with Gasteiger partial charge in [0.2, 0.25) is 0 Å². The van der Waals surface area contributed by atoms with Crippen LogP contribution in [0, 0.1) is 18.6 Å². The van der Waals surface area contributed by atoms with E-state index >= 15 is 4.39 Å². The summed E-state index contributed by atoms with van der Waals surface area (Å²) in [5.74, 6) is -0.568. The standard InChI is InChI=1S/C26H24F2N4/c1-15-14-32-23-11-7-10-22(30-23)26(4,5)21-9-6-8-20(29-21)16-12-17(19(28)13-18(16)27)25(2,3)24(15)31-32/h6-14H,1-5H3. The molecule has 4 nitrogen and oxygen atoms in total. The number of nitrogens with zero attached hydrogens (tertiary/aromatic N) is 4. The number of aromatic nitrogens is 4. The highest BCUT2D eigenvalue weighted by Crippen LogP contribution is 2.38. The SMILES string of the molecule is Cc1cn2nc1C(C)(C)c1cc(c(F)cc1F)-c1cccc(n1)C(C)(C)c1cccc-2n1. The summed E-state index contributed by atoms with van der Waals surface area (Å²) in [6, 6.07) is 13.8. The van der Waals surface area contributed by atoms with Crippen LogP contribution in [0.2, 0.25) is 0 Å². The lowest BCUT2D eigenvalue weighted by molar-refractivity contribution is 0.520. The van der Waals surface area contributed by atoms with Crippen molar-refractivity contribution in [3.63, 3.8) is 0 Å². The van der Waals surface area contributed by atoms with Crippen molar-refractivity contribution >= 4 is 0 Å². The highest BCUT2D eigenvalue weighted by atomic mass is 19.1. The van der Waals surface area contributed by atoms with E-state index in [-0.39, 0.29) is 5.56 Å². The van der Waals surface area contributed by atoms with Crippen molar-refractivity contribution in [1.82, 2.24) is 19.7 Å². The highest BCUT2D eigenvalue weighted by Gasteiger charge is 2.33. The summed E-state index contributed by atoms with van der Waals surface area (Å²) in [6.45, 7) is 9.81. The van der Waals surface area contributed by atoms with Gasteiger partial charge in [-0.2, -0.15) is 5.10 Å². The van der Waals surface area contributed by atoms with Crippen molar-refractivity contribution in [3.05, 3.63) is 94.6 Å². The van der Waals surface area contributed by atoms with Crippen LogP contribution in [0.5, 0.6) is 0 Å². The number of hydrogen-bond acceptors (Lipinski definition) is 3. The van der Waals surface area contributed by atoms with Crippen LogP contribution >= 0.6 is 0 Å². The molecule has 162 valence electrons. The average Bonchev–Trinajstić information content (AvgIpc) is 3.16. The van der Waals surface area contributed by atoms with Crippen molar-refractivity contribution in [3.8, 4) is 17.1 Å². The molecule has 0 atom stereocenters. The predicted octanol–water partition coefficient (Wildman–Crippen LogP) is 5.88. The van der Waals surface area contributed by atoms with E-state index in [1.54, 1.807) is 16.8 Å². The van der Waals surface area contributed by atoms with Gasteiger partial charge in [0.15, 0.2) is 5.82 Å². The maximum Gasteiger partial charge on any atom is 0.153 e. The van der Waals surface area contributed by atoms with E-state index < -0.39 is 22.5 Å². The van der Waals surface area contributed by atoms with Crippen LogP contribution in [0.1, 0.15) is 55.9 Å². The summed E-state index contributed by atoms with van der Waals surface area (Å²) in [5.41, 5.74) is 2.93. The fourth-order valence-corrected chi connectivity index (χ4v) is 4.51. The Labute approximate surface area is 186 Å². The van der Waals surface area contributed by atoms with E-state index in [2.05, 4.69) is 0 Å². The van der Waals surface area contributed by atoms with E-state index in [0.29, 0.717) is 22.8 Å². The largest absolute Gasteiger partial charge is 0.252 e. The molecule has 32 heavy (non-hydrogen) atoms. The van der Waals surface area contributed by atoms with E-state index in [4.69, 9.17) is 15.1 Å². The minimum atomic E-state index is -0.805. The van der Waals surface area contributed by atoms with Crippen LogP contribution in [0.4, 0.5) is 8.78 Å². The van der Waals surface area contributed by atoms with Gasteiger partial charge in [-0.1, -0.05) is 12.1 Å². The Kier molecular flexibility index (Phi) is 4.35. The normalized spacial score (nSPS) is 15.8. The van der Waals surface area contributed by atoms with Gasteiger partial charge in [-0.05, 0) is 70.5 Å². The fraction of sp³-hybridized carbons (Fsp3) is 0.269. The molecule has 0 N–H and O–H groups in total. The van der Waals surface area contributed by atoms with Crippen molar-refractivity contribution < 1.29 is 8.78 Å². The van der Waals surface area contributed by atoms with Gasteiger partial charge in [0.05, 0.1) is 22.8 Å². The fourth-order valence-electron chi connectivity index (χ4n) is 4.51. The van der Waals surface area contributed by atoms with E-state index in [1.165, 1.54) is 0 Å². The van der Waals surface area contributed by atoms with Crippen LogP contribution in [0.3, 0.4) is 0 Å². The topological polar surface area (TPSA) is 43.6 Å². The lowest BCUT2D eigenvalue weighted by Crippen LogP contribution is -2.25. The van der Waals surface area contributed by atoms with E-state index in [9.17, 15) is 4.39 Å². The quantitative estimate of drug-likeness (QED) is 0.350. The number of benzene rings is 1. The second-order valence-electron chi connectivity index (χ2n) is 9.46. The summed E-state index contributed by atoms with van der Waals surface area (Å²) in [6.07, 6.45) is 1.90. The van der Waals surface area contributed by atoms with Crippen LogP contribution in [-0.2, 0) is 10.8 Å². The van der Waals surface area contributed by atoms with Gasteiger partial charge in [0, 0.05) is 34.2 Å². The van der Waals surface area contributed by atoms with Crippen LogP contribution in [0.15, 0.2) is 54.7 Å². The van der Waals surface area contributed by atoms with Crippen molar-refractivity contribution in [2.24, 2.45) is 0 Å². The number of rotatable bonds is 0. The molecular weight excluding hydrogens is 406 g/mol. The Hall–Kier alpha value is -3.41. The second kappa shape index (κ2) is 6.79. The van der Waals surface area contributed by atoms with E-state index in [0.717, 1.165) is 23.0 Å². The zero-order chi connectivity index (χ0) is 22.8. The minimum absolute atomic E-state index is 0.267. The Balaban J connectivity index is 1.90. The molecule has 8 bridgehead atoms.